The average molecular weight is 312 g/mol. The third-order valence-electron chi connectivity index (χ3n) is 5.34. The monoisotopic (exact) mass is 312 g/mol. The van der Waals surface area contributed by atoms with Gasteiger partial charge in [-0.3, -0.25) is 0 Å². The van der Waals surface area contributed by atoms with E-state index in [1.54, 1.807) is 7.11 Å². The van der Waals surface area contributed by atoms with Gasteiger partial charge in [0.25, 0.3) is 0 Å². The smallest absolute Gasteiger partial charge is 0.144 e. The molecule has 0 bridgehead atoms. The Morgan fingerprint density at radius 2 is 1.96 bits per heavy atom. The fourth-order valence-electron chi connectivity index (χ4n) is 4.05. The second-order valence-electron chi connectivity index (χ2n) is 6.92. The number of hydrogen-bond acceptors (Lipinski definition) is 3. The molecule has 0 unspecified atom stereocenters. The lowest BCUT2D eigenvalue weighted by molar-refractivity contribution is -0.148. The lowest BCUT2D eigenvalue weighted by Gasteiger charge is -2.39. The van der Waals surface area contributed by atoms with E-state index in [-0.39, 0.29) is 17.8 Å². The van der Waals surface area contributed by atoms with E-state index in [1.165, 1.54) is 16.3 Å². The van der Waals surface area contributed by atoms with Crippen molar-refractivity contribution < 1.29 is 14.2 Å². The topological polar surface area (TPSA) is 31.0 Å². The van der Waals surface area contributed by atoms with Gasteiger partial charge in [0.15, 0.2) is 0 Å². The van der Waals surface area contributed by atoms with Crippen molar-refractivity contribution in [3.63, 3.8) is 0 Å². The fourth-order valence-corrected chi connectivity index (χ4v) is 4.05. The molecule has 0 radical (unpaired) electrons. The summed E-state index contributed by atoms with van der Waals surface area (Å²) >= 11 is 0. The van der Waals surface area contributed by atoms with E-state index in [2.05, 4.69) is 49.4 Å². The Hall–Kier alpha value is -1.42. The van der Waals surface area contributed by atoms with Gasteiger partial charge < -0.3 is 14.2 Å². The third kappa shape index (κ3) is 2.67. The highest BCUT2D eigenvalue weighted by molar-refractivity contribution is 5.82. The molecule has 2 fully saturated rings. The van der Waals surface area contributed by atoms with E-state index in [1.807, 2.05) is 0 Å². The lowest BCUT2D eigenvalue weighted by atomic mass is 9.83. The van der Waals surface area contributed by atoms with Gasteiger partial charge >= 0.3 is 0 Å². The van der Waals surface area contributed by atoms with Crippen molar-refractivity contribution >= 4 is 10.8 Å². The maximum atomic E-state index is 6.10. The molecule has 4 rings (SSSR count). The molecule has 0 amide bonds. The number of fused-ring (bicyclic) bond motifs is 1. The average Bonchev–Trinajstić information content (AvgIpc) is 3.35. The molecule has 0 aliphatic carbocycles. The zero-order chi connectivity index (χ0) is 15.9. The molecule has 2 aromatic rings. The molecule has 0 N–H and O–H groups in total. The molecule has 2 aliphatic heterocycles. The predicted molar refractivity (Wildman–Crippen MR) is 90.7 cm³/mol. The first-order valence-electron chi connectivity index (χ1n) is 8.49. The summed E-state index contributed by atoms with van der Waals surface area (Å²) in [5, 5.41) is 2.59. The summed E-state index contributed by atoms with van der Waals surface area (Å²) in [5.74, 6) is 0.388. The van der Waals surface area contributed by atoms with Crippen LogP contribution >= 0.6 is 0 Å². The highest BCUT2D eigenvalue weighted by Crippen LogP contribution is 2.45. The molecular formula is C20H24O3. The minimum Gasteiger partial charge on any atom is -0.378 e. The quantitative estimate of drug-likeness (QED) is 0.808. The van der Waals surface area contributed by atoms with E-state index in [4.69, 9.17) is 14.2 Å². The molecule has 122 valence electrons. The van der Waals surface area contributed by atoms with Gasteiger partial charge in [0.2, 0.25) is 0 Å². The van der Waals surface area contributed by atoms with Gasteiger partial charge in [-0.05, 0) is 29.2 Å². The number of methoxy groups -OCH3 is 1. The Balaban J connectivity index is 1.47. The Morgan fingerprint density at radius 1 is 1.17 bits per heavy atom. The van der Waals surface area contributed by atoms with Gasteiger partial charge in [-0.1, -0.05) is 49.4 Å². The van der Waals surface area contributed by atoms with Crippen molar-refractivity contribution in [1.29, 1.82) is 0 Å². The first kappa shape index (κ1) is 15.1. The molecule has 2 heterocycles. The van der Waals surface area contributed by atoms with E-state index in [9.17, 15) is 0 Å². The van der Waals surface area contributed by atoms with Crippen LogP contribution < -0.4 is 0 Å². The van der Waals surface area contributed by atoms with Crippen LogP contribution in [0.5, 0.6) is 0 Å². The van der Waals surface area contributed by atoms with Crippen molar-refractivity contribution in [3.8, 4) is 0 Å². The van der Waals surface area contributed by atoms with Crippen LogP contribution in [0.2, 0.25) is 0 Å². The molecule has 2 aliphatic rings. The maximum Gasteiger partial charge on any atom is 0.144 e. The molecule has 0 aromatic heterocycles. The largest absolute Gasteiger partial charge is 0.378 e. The third-order valence-corrected chi connectivity index (χ3v) is 5.34. The number of rotatable bonds is 4. The lowest BCUT2D eigenvalue weighted by Crippen LogP contribution is -2.53. The van der Waals surface area contributed by atoms with Gasteiger partial charge in [-0.15, -0.1) is 0 Å². The van der Waals surface area contributed by atoms with Crippen molar-refractivity contribution in [2.24, 2.45) is 5.92 Å². The highest BCUT2D eigenvalue weighted by Gasteiger charge is 2.62. The van der Waals surface area contributed by atoms with Crippen LogP contribution in [0.1, 0.15) is 18.9 Å². The van der Waals surface area contributed by atoms with E-state index in [0.717, 1.165) is 26.1 Å². The van der Waals surface area contributed by atoms with Crippen LogP contribution in [0.4, 0.5) is 0 Å². The van der Waals surface area contributed by atoms with Gasteiger partial charge in [0.1, 0.15) is 5.60 Å². The Bertz CT molecular complexity index is 692. The van der Waals surface area contributed by atoms with Crippen molar-refractivity contribution in [3.05, 3.63) is 48.0 Å². The summed E-state index contributed by atoms with van der Waals surface area (Å²) in [6, 6.07) is 15.2. The molecule has 3 nitrogen and oxygen atoms in total. The number of benzene rings is 2. The molecule has 2 aromatic carbocycles. The molecule has 3 heteroatoms. The minimum atomic E-state index is -0.205. The second-order valence-corrected chi connectivity index (χ2v) is 6.92. The van der Waals surface area contributed by atoms with Crippen molar-refractivity contribution in [1.82, 2.24) is 0 Å². The van der Waals surface area contributed by atoms with Gasteiger partial charge in [-0.2, -0.15) is 0 Å². The standard InChI is InChI=1S/C20H24O3/c1-14-12-22-18(20(13-23-20)19(14)21-2)10-8-15-7-9-16-5-3-4-6-17(16)11-15/h3-7,9,11,14,18-19H,8,10,12-13H2,1-2H3/t14-,18-,19-,20-/m0/s1. The van der Waals surface area contributed by atoms with Crippen LogP contribution in [0, 0.1) is 5.92 Å². The Kier molecular flexibility index (Phi) is 3.88. The number of hydrogen-bond donors (Lipinski definition) is 0. The van der Waals surface area contributed by atoms with Gasteiger partial charge in [-0.25, -0.2) is 0 Å². The SMILES string of the molecule is CO[C@H]1[C@@H](C)CO[C@@H](CCc2ccc3ccccc3c2)[C@@]12CO2. The molecule has 4 atom stereocenters. The summed E-state index contributed by atoms with van der Waals surface area (Å²) in [4.78, 5) is 0. The summed E-state index contributed by atoms with van der Waals surface area (Å²) in [5.41, 5.74) is 1.15. The molecule has 2 saturated heterocycles. The van der Waals surface area contributed by atoms with E-state index < -0.39 is 0 Å². The molecular weight excluding hydrogens is 288 g/mol. The first-order valence-corrected chi connectivity index (χ1v) is 8.49. The highest BCUT2D eigenvalue weighted by atomic mass is 16.7. The van der Waals surface area contributed by atoms with Crippen LogP contribution in [0.25, 0.3) is 10.8 Å². The van der Waals surface area contributed by atoms with Crippen LogP contribution in [-0.2, 0) is 20.6 Å². The summed E-state index contributed by atoms with van der Waals surface area (Å²) in [6.07, 6.45) is 2.27. The van der Waals surface area contributed by atoms with Crippen LogP contribution in [0.3, 0.4) is 0 Å². The molecule has 1 spiro atoms. The Labute approximate surface area is 137 Å². The summed E-state index contributed by atoms with van der Waals surface area (Å²) < 4.78 is 17.7. The van der Waals surface area contributed by atoms with Gasteiger partial charge in [0.05, 0.1) is 25.4 Å². The minimum absolute atomic E-state index is 0.134. The first-order chi connectivity index (χ1) is 11.2. The number of epoxide rings is 1. The maximum absolute atomic E-state index is 6.10. The van der Waals surface area contributed by atoms with Crippen molar-refractivity contribution in [2.75, 3.05) is 20.3 Å². The predicted octanol–water partition coefficient (Wildman–Crippen LogP) is 3.59. The number of ether oxygens (including phenoxy) is 3. The van der Waals surface area contributed by atoms with Crippen molar-refractivity contribution in [2.45, 2.75) is 37.6 Å². The second kappa shape index (κ2) is 5.90. The Morgan fingerprint density at radius 3 is 2.70 bits per heavy atom. The molecule has 0 saturated carbocycles. The van der Waals surface area contributed by atoms with E-state index in [0.29, 0.717) is 5.92 Å². The zero-order valence-corrected chi connectivity index (χ0v) is 13.8. The van der Waals surface area contributed by atoms with Gasteiger partial charge in [0, 0.05) is 13.0 Å². The summed E-state index contributed by atoms with van der Waals surface area (Å²) in [6.45, 7) is 3.70. The fraction of sp³-hybridized carbons (Fsp3) is 0.500. The normalized spacial score (nSPS) is 33.2. The zero-order valence-electron chi connectivity index (χ0n) is 13.8. The van der Waals surface area contributed by atoms with E-state index >= 15 is 0 Å². The summed E-state index contributed by atoms with van der Waals surface area (Å²) in [7, 11) is 1.79. The number of aryl methyl sites for hydroxylation is 1. The van der Waals surface area contributed by atoms with Crippen LogP contribution in [0.15, 0.2) is 42.5 Å². The molecule has 23 heavy (non-hydrogen) atoms. The van der Waals surface area contributed by atoms with Crippen LogP contribution in [-0.4, -0.2) is 38.1 Å².